The van der Waals surface area contributed by atoms with E-state index in [1.807, 2.05) is 18.2 Å². The molecule has 1 aromatic heterocycles. The highest BCUT2D eigenvalue weighted by Gasteiger charge is 2.38. The number of halogens is 3. The highest BCUT2D eigenvalue weighted by atomic mass is 19.4. The summed E-state index contributed by atoms with van der Waals surface area (Å²) in [6, 6.07) is 7.45. The van der Waals surface area contributed by atoms with E-state index < -0.39 is 12.1 Å². The quantitative estimate of drug-likeness (QED) is 0.439. The van der Waals surface area contributed by atoms with E-state index in [9.17, 15) is 13.2 Å². The van der Waals surface area contributed by atoms with Gasteiger partial charge in [0.2, 0.25) is 5.88 Å². The van der Waals surface area contributed by atoms with Gasteiger partial charge in [-0.05, 0) is 6.07 Å². The van der Waals surface area contributed by atoms with Crippen LogP contribution in [-0.2, 0) is 11.2 Å². The Labute approximate surface area is 144 Å². The van der Waals surface area contributed by atoms with Crippen LogP contribution in [0.1, 0.15) is 16.7 Å². The van der Waals surface area contributed by atoms with Gasteiger partial charge in [-0.15, -0.1) is 0 Å². The van der Waals surface area contributed by atoms with E-state index in [1.54, 1.807) is 6.07 Å². The van der Waals surface area contributed by atoms with Crippen LogP contribution in [0, 0.1) is 11.3 Å². The summed E-state index contributed by atoms with van der Waals surface area (Å²) in [5.74, 6) is -1.80. The lowest BCUT2D eigenvalue weighted by Crippen LogP contribution is -2.21. The first kappa shape index (κ1) is 18.7. The number of nitriles is 1. The normalized spacial score (nSPS) is 11.8. The van der Waals surface area contributed by atoms with Crippen LogP contribution in [0.3, 0.4) is 0 Å². The summed E-state index contributed by atoms with van der Waals surface area (Å²) in [6.07, 6.45) is -4.57. The second kappa shape index (κ2) is 6.67. The van der Waals surface area contributed by atoms with Gasteiger partial charge in [-0.25, -0.2) is 4.79 Å². The Morgan fingerprint density at radius 3 is 2.46 bits per heavy atom. The number of nitrogen functional groups attached to an aromatic ring is 3. The molecule has 2 aromatic rings. The number of carbonyl (C=O) groups is 1. The summed E-state index contributed by atoms with van der Waals surface area (Å²) in [5.41, 5.74) is 20.1. The highest BCUT2D eigenvalue weighted by molar-refractivity contribution is 5.74. The highest BCUT2D eigenvalue weighted by Crippen LogP contribution is 2.42. The second-order valence-corrected chi connectivity index (χ2v) is 5.10. The van der Waals surface area contributed by atoms with E-state index in [1.165, 1.54) is 0 Å². The number of nitrogens with zero attached hydrogens (tertiary/aromatic N) is 2. The maximum Gasteiger partial charge on any atom is 0.490 e. The molecule has 0 bridgehead atoms. The Morgan fingerprint density at radius 2 is 1.92 bits per heavy atom. The third-order valence-electron chi connectivity index (χ3n) is 3.38. The van der Waals surface area contributed by atoms with Gasteiger partial charge < -0.3 is 27.0 Å². The van der Waals surface area contributed by atoms with Crippen molar-refractivity contribution in [2.24, 2.45) is 0 Å². The van der Waals surface area contributed by atoms with Crippen molar-refractivity contribution in [3.05, 3.63) is 34.9 Å². The van der Waals surface area contributed by atoms with Crippen molar-refractivity contribution in [2.45, 2.75) is 12.6 Å². The van der Waals surface area contributed by atoms with Gasteiger partial charge in [-0.2, -0.15) is 23.4 Å². The molecule has 7 N–H and O–H groups in total. The zero-order chi connectivity index (χ0) is 19.6. The Kier molecular flexibility index (Phi) is 4.79. The number of aromatic nitrogens is 1. The lowest BCUT2D eigenvalue weighted by molar-refractivity contribution is -0.192. The summed E-state index contributed by atoms with van der Waals surface area (Å²) in [7, 11) is 0. The van der Waals surface area contributed by atoms with Gasteiger partial charge in [-0.1, -0.05) is 12.1 Å². The average Bonchev–Trinajstić information content (AvgIpc) is 2.54. The van der Waals surface area contributed by atoms with E-state index >= 15 is 0 Å². The maximum absolute atomic E-state index is 10.6. The largest absolute Gasteiger partial charge is 0.490 e. The molecule has 3 rings (SSSR count). The van der Waals surface area contributed by atoms with Gasteiger partial charge in [0.05, 0.1) is 11.4 Å². The first-order valence-corrected chi connectivity index (χ1v) is 6.89. The van der Waals surface area contributed by atoms with Gasteiger partial charge in [0.15, 0.2) is 5.75 Å². The third-order valence-corrected chi connectivity index (χ3v) is 3.38. The molecule has 0 atom stereocenters. The number of anilines is 3. The third kappa shape index (κ3) is 3.54. The van der Waals surface area contributed by atoms with E-state index in [0.717, 1.165) is 5.56 Å². The van der Waals surface area contributed by atoms with Gasteiger partial charge in [0.1, 0.15) is 17.5 Å². The topological polar surface area (TPSA) is 161 Å². The van der Waals surface area contributed by atoms with Gasteiger partial charge in [0.25, 0.3) is 0 Å². The fourth-order valence-corrected chi connectivity index (χ4v) is 2.17. The molecule has 1 aliphatic heterocycles. The minimum absolute atomic E-state index is 0.0664. The minimum Gasteiger partial charge on any atom is -0.475 e. The molecular weight excluding hydrogens is 355 g/mol. The Hall–Kier alpha value is -3.68. The number of fused-ring (bicyclic) bond motifs is 2. The molecule has 1 aromatic carbocycles. The molecule has 0 amide bonds. The van der Waals surface area contributed by atoms with Crippen molar-refractivity contribution in [3.63, 3.8) is 0 Å². The number of benzene rings is 1. The summed E-state index contributed by atoms with van der Waals surface area (Å²) < 4.78 is 37.4. The zero-order valence-electron chi connectivity index (χ0n) is 13.0. The number of nitrogens with two attached hydrogens (primary N) is 3. The van der Waals surface area contributed by atoms with Crippen LogP contribution in [0.5, 0.6) is 11.6 Å². The molecule has 0 unspecified atom stereocenters. The Balaban J connectivity index is 0.000000298. The number of hydrogen-bond donors (Lipinski definition) is 4. The number of pyridine rings is 1. The van der Waals surface area contributed by atoms with Crippen LogP contribution in [0.25, 0.3) is 0 Å². The van der Waals surface area contributed by atoms with Crippen LogP contribution in [-0.4, -0.2) is 22.2 Å². The predicted molar refractivity (Wildman–Crippen MR) is 85.2 cm³/mol. The molecule has 0 radical (unpaired) electrons. The van der Waals surface area contributed by atoms with E-state index in [-0.39, 0.29) is 11.4 Å². The molecule has 0 saturated heterocycles. The number of para-hydroxylation sites is 1. The number of ether oxygens (including phenoxy) is 1. The number of rotatable bonds is 0. The fraction of sp³-hybridized carbons (Fsp3) is 0.133. The Bertz CT molecular complexity index is 922. The van der Waals surface area contributed by atoms with Crippen molar-refractivity contribution in [1.29, 1.82) is 5.26 Å². The minimum atomic E-state index is -5.08. The maximum atomic E-state index is 10.6. The zero-order valence-corrected chi connectivity index (χ0v) is 13.0. The first-order valence-electron chi connectivity index (χ1n) is 6.89. The standard InChI is InChI=1S/C13H11N5O.C2HF3O2/c14-5-8-10(16)7-4-6-2-1-3-9(15)11(6)19-13(7)18-12(8)17;3-2(4,5)1(6)7/h1-3H,4,15H2,(H4,16,17,18);(H,6,7). The van der Waals surface area contributed by atoms with E-state index in [0.29, 0.717) is 35.0 Å². The summed E-state index contributed by atoms with van der Waals surface area (Å²) in [6.45, 7) is 0. The van der Waals surface area contributed by atoms with Crippen LogP contribution in [0.15, 0.2) is 18.2 Å². The molecule has 0 fully saturated rings. The van der Waals surface area contributed by atoms with E-state index in [2.05, 4.69) is 4.98 Å². The molecule has 11 heteroatoms. The van der Waals surface area contributed by atoms with Gasteiger partial charge in [-0.3, -0.25) is 0 Å². The molecule has 0 aliphatic carbocycles. The number of hydrogen-bond acceptors (Lipinski definition) is 7. The van der Waals surface area contributed by atoms with Gasteiger partial charge in [0, 0.05) is 17.5 Å². The van der Waals surface area contributed by atoms with E-state index in [4.69, 9.17) is 37.1 Å². The smallest absolute Gasteiger partial charge is 0.475 e. The summed E-state index contributed by atoms with van der Waals surface area (Å²) in [4.78, 5) is 13.0. The monoisotopic (exact) mass is 367 g/mol. The van der Waals surface area contributed by atoms with Crippen LogP contribution in [0.4, 0.5) is 30.4 Å². The molecule has 1 aliphatic rings. The molecule has 0 spiro atoms. The fourth-order valence-electron chi connectivity index (χ4n) is 2.17. The first-order chi connectivity index (χ1) is 12.1. The van der Waals surface area contributed by atoms with Crippen molar-refractivity contribution < 1.29 is 27.8 Å². The van der Waals surface area contributed by atoms with Gasteiger partial charge >= 0.3 is 12.1 Å². The summed E-state index contributed by atoms with van der Waals surface area (Å²) in [5, 5.41) is 16.2. The van der Waals surface area contributed by atoms with Crippen molar-refractivity contribution in [2.75, 3.05) is 17.2 Å². The summed E-state index contributed by atoms with van der Waals surface area (Å²) >= 11 is 0. The SMILES string of the molecule is N#Cc1c(N)nc2c(c1N)Cc1cccc(N)c1O2.O=C(O)C(F)(F)F. The van der Waals surface area contributed by atoms with Crippen molar-refractivity contribution >= 4 is 23.2 Å². The molecule has 0 saturated carbocycles. The molecular formula is C15H12F3N5O3. The Morgan fingerprint density at radius 1 is 1.31 bits per heavy atom. The molecule has 26 heavy (non-hydrogen) atoms. The number of carboxylic acid groups (broad SMARTS) is 1. The number of alkyl halides is 3. The molecule has 136 valence electrons. The van der Waals surface area contributed by atoms with Crippen molar-refractivity contribution in [3.8, 4) is 17.7 Å². The number of aliphatic carboxylic acids is 1. The number of carboxylic acids is 1. The van der Waals surface area contributed by atoms with Crippen molar-refractivity contribution in [1.82, 2.24) is 4.98 Å². The predicted octanol–water partition coefficient (Wildman–Crippen LogP) is 2.03. The average molecular weight is 367 g/mol. The molecule has 2 heterocycles. The van der Waals surface area contributed by atoms with Crippen LogP contribution >= 0.6 is 0 Å². The van der Waals surface area contributed by atoms with Crippen LogP contribution in [0.2, 0.25) is 0 Å². The lowest BCUT2D eigenvalue weighted by Gasteiger charge is -2.22. The van der Waals surface area contributed by atoms with Crippen LogP contribution < -0.4 is 21.9 Å². The molecule has 8 nitrogen and oxygen atoms in total. The lowest BCUT2D eigenvalue weighted by atomic mass is 9.98. The second-order valence-electron chi connectivity index (χ2n) is 5.10.